The first-order valence-corrected chi connectivity index (χ1v) is 7.36. The summed E-state index contributed by atoms with van der Waals surface area (Å²) in [6, 6.07) is 0. The van der Waals surface area contributed by atoms with E-state index in [9.17, 15) is 9.59 Å². The van der Waals surface area contributed by atoms with Crippen molar-refractivity contribution in [2.24, 2.45) is 5.41 Å². The maximum absolute atomic E-state index is 12.2. The molecule has 0 spiro atoms. The van der Waals surface area contributed by atoms with Crippen molar-refractivity contribution in [1.82, 2.24) is 15.5 Å². The van der Waals surface area contributed by atoms with Crippen LogP contribution in [0.2, 0.25) is 0 Å². The van der Waals surface area contributed by atoms with Crippen molar-refractivity contribution in [1.29, 1.82) is 0 Å². The molecule has 5 nitrogen and oxygen atoms in total. The molecule has 1 unspecified atom stereocenters. The molecule has 2 amide bonds. The van der Waals surface area contributed by atoms with Gasteiger partial charge in [-0.2, -0.15) is 0 Å². The van der Waals surface area contributed by atoms with Gasteiger partial charge in [-0.25, -0.2) is 0 Å². The third-order valence-corrected chi connectivity index (χ3v) is 4.14. The first kappa shape index (κ1) is 16.0. The summed E-state index contributed by atoms with van der Waals surface area (Å²) < 4.78 is 0. The molecule has 0 saturated carbocycles. The molecule has 0 aromatic rings. The lowest BCUT2D eigenvalue weighted by Gasteiger charge is -2.25. The Bertz CT molecular complexity index is 308. The summed E-state index contributed by atoms with van der Waals surface area (Å²) in [6.07, 6.45) is 2.12. The van der Waals surface area contributed by atoms with Gasteiger partial charge in [0.05, 0.1) is 5.41 Å². The highest BCUT2D eigenvalue weighted by Gasteiger charge is 2.39. The second-order valence-electron chi connectivity index (χ2n) is 5.13. The van der Waals surface area contributed by atoms with Gasteiger partial charge in [-0.15, -0.1) is 0 Å². The van der Waals surface area contributed by atoms with Crippen molar-refractivity contribution in [2.45, 2.75) is 40.0 Å². The summed E-state index contributed by atoms with van der Waals surface area (Å²) in [7, 11) is 0. The lowest BCUT2D eigenvalue weighted by molar-refractivity contribution is -0.132. The zero-order valence-corrected chi connectivity index (χ0v) is 12.4. The Hall–Kier alpha value is -1.10. The van der Waals surface area contributed by atoms with Gasteiger partial charge in [0.25, 0.3) is 0 Å². The van der Waals surface area contributed by atoms with Crippen molar-refractivity contribution in [3.8, 4) is 0 Å². The molecule has 1 aliphatic rings. The number of carbonyl (C=O) groups excluding carboxylic acids is 2. The minimum atomic E-state index is -0.266. The standard InChI is InChI=1S/C14H27N3O2/c1-4-14(8-10-15-11-14)13(19)16-9-7-12(18)17(5-2)6-3/h15H,4-11H2,1-3H3,(H,16,19). The van der Waals surface area contributed by atoms with Crippen LogP contribution in [0, 0.1) is 5.41 Å². The van der Waals surface area contributed by atoms with Gasteiger partial charge in [0.2, 0.25) is 11.8 Å². The van der Waals surface area contributed by atoms with Crippen LogP contribution >= 0.6 is 0 Å². The minimum Gasteiger partial charge on any atom is -0.355 e. The molecule has 0 radical (unpaired) electrons. The van der Waals surface area contributed by atoms with Crippen LogP contribution in [0.25, 0.3) is 0 Å². The highest BCUT2D eigenvalue weighted by atomic mass is 16.2. The maximum atomic E-state index is 12.2. The van der Waals surface area contributed by atoms with Gasteiger partial charge < -0.3 is 15.5 Å². The predicted molar refractivity (Wildman–Crippen MR) is 75.8 cm³/mol. The molecule has 1 rings (SSSR count). The van der Waals surface area contributed by atoms with Crippen molar-refractivity contribution in [3.63, 3.8) is 0 Å². The fraction of sp³-hybridized carbons (Fsp3) is 0.857. The molecule has 0 aromatic heterocycles. The molecule has 1 aliphatic heterocycles. The topological polar surface area (TPSA) is 61.4 Å². The van der Waals surface area contributed by atoms with E-state index < -0.39 is 0 Å². The SMILES string of the molecule is CCN(CC)C(=O)CCNC(=O)C1(CC)CCNC1. The monoisotopic (exact) mass is 269 g/mol. The lowest BCUT2D eigenvalue weighted by atomic mass is 9.83. The Morgan fingerprint density at radius 3 is 2.42 bits per heavy atom. The van der Waals surface area contributed by atoms with Crippen LogP contribution in [0.3, 0.4) is 0 Å². The normalized spacial score (nSPS) is 22.3. The van der Waals surface area contributed by atoms with Crippen LogP contribution in [-0.4, -0.2) is 49.4 Å². The Morgan fingerprint density at radius 1 is 1.26 bits per heavy atom. The van der Waals surface area contributed by atoms with E-state index in [1.54, 1.807) is 4.90 Å². The van der Waals surface area contributed by atoms with E-state index in [0.717, 1.165) is 39.0 Å². The molecule has 1 fully saturated rings. The summed E-state index contributed by atoms with van der Waals surface area (Å²) in [5.41, 5.74) is -0.266. The van der Waals surface area contributed by atoms with Crippen LogP contribution in [0.1, 0.15) is 40.0 Å². The number of hydrogen-bond donors (Lipinski definition) is 2. The number of carbonyl (C=O) groups is 2. The van der Waals surface area contributed by atoms with Gasteiger partial charge in [0, 0.05) is 32.6 Å². The van der Waals surface area contributed by atoms with Crippen LogP contribution in [0.5, 0.6) is 0 Å². The zero-order chi connectivity index (χ0) is 14.3. The molecule has 0 aliphatic carbocycles. The summed E-state index contributed by atoms with van der Waals surface area (Å²) in [6.45, 7) is 9.53. The second kappa shape index (κ2) is 7.48. The molecule has 2 N–H and O–H groups in total. The van der Waals surface area contributed by atoms with Gasteiger partial charge in [-0.1, -0.05) is 6.92 Å². The Kier molecular flexibility index (Phi) is 6.28. The van der Waals surface area contributed by atoms with Gasteiger partial charge in [0.15, 0.2) is 0 Å². The number of nitrogens with zero attached hydrogens (tertiary/aromatic N) is 1. The number of amides is 2. The summed E-state index contributed by atoms with van der Waals surface area (Å²) >= 11 is 0. The molecule has 5 heteroatoms. The van der Waals surface area contributed by atoms with Crippen molar-refractivity contribution in [3.05, 3.63) is 0 Å². The van der Waals surface area contributed by atoms with E-state index in [4.69, 9.17) is 0 Å². The predicted octanol–water partition coefficient (Wildman–Crippen LogP) is 0.751. The largest absolute Gasteiger partial charge is 0.355 e. The number of hydrogen-bond acceptors (Lipinski definition) is 3. The quantitative estimate of drug-likeness (QED) is 0.717. The molecule has 110 valence electrons. The summed E-state index contributed by atoms with van der Waals surface area (Å²) in [4.78, 5) is 25.8. The van der Waals surface area contributed by atoms with E-state index in [1.165, 1.54) is 0 Å². The molecule has 0 bridgehead atoms. The molecule has 19 heavy (non-hydrogen) atoms. The Balaban J connectivity index is 2.36. The van der Waals surface area contributed by atoms with E-state index in [1.807, 2.05) is 20.8 Å². The fourth-order valence-electron chi connectivity index (χ4n) is 2.60. The van der Waals surface area contributed by atoms with E-state index >= 15 is 0 Å². The smallest absolute Gasteiger partial charge is 0.227 e. The number of nitrogens with one attached hydrogen (secondary N) is 2. The zero-order valence-electron chi connectivity index (χ0n) is 12.4. The Labute approximate surface area is 116 Å². The van der Waals surface area contributed by atoms with E-state index in [2.05, 4.69) is 10.6 Å². The third-order valence-electron chi connectivity index (χ3n) is 4.14. The van der Waals surface area contributed by atoms with Crippen LogP contribution < -0.4 is 10.6 Å². The van der Waals surface area contributed by atoms with Gasteiger partial charge >= 0.3 is 0 Å². The average molecular weight is 269 g/mol. The molecule has 1 atom stereocenters. The van der Waals surface area contributed by atoms with Crippen LogP contribution in [-0.2, 0) is 9.59 Å². The minimum absolute atomic E-state index is 0.0901. The van der Waals surface area contributed by atoms with E-state index in [-0.39, 0.29) is 17.2 Å². The molecule has 0 aromatic carbocycles. The summed E-state index contributed by atoms with van der Waals surface area (Å²) in [5, 5.41) is 6.17. The second-order valence-corrected chi connectivity index (χ2v) is 5.13. The molecule has 1 saturated heterocycles. The van der Waals surface area contributed by atoms with E-state index in [0.29, 0.717) is 13.0 Å². The highest BCUT2D eigenvalue weighted by Crippen LogP contribution is 2.29. The average Bonchev–Trinajstić information content (AvgIpc) is 2.90. The highest BCUT2D eigenvalue weighted by molar-refractivity contribution is 5.84. The first-order valence-electron chi connectivity index (χ1n) is 7.36. The molecular weight excluding hydrogens is 242 g/mol. The third kappa shape index (κ3) is 3.93. The van der Waals surface area contributed by atoms with Crippen molar-refractivity contribution >= 4 is 11.8 Å². The molecule has 1 heterocycles. The molecular formula is C14H27N3O2. The lowest BCUT2D eigenvalue weighted by Crippen LogP contribution is -2.43. The van der Waals surface area contributed by atoms with Crippen LogP contribution in [0.4, 0.5) is 0 Å². The van der Waals surface area contributed by atoms with Crippen molar-refractivity contribution in [2.75, 3.05) is 32.7 Å². The van der Waals surface area contributed by atoms with Crippen molar-refractivity contribution < 1.29 is 9.59 Å². The Morgan fingerprint density at radius 2 is 1.95 bits per heavy atom. The first-order chi connectivity index (χ1) is 9.09. The van der Waals surface area contributed by atoms with Gasteiger partial charge in [-0.05, 0) is 33.2 Å². The maximum Gasteiger partial charge on any atom is 0.227 e. The fourth-order valence-corrected chi connectivity index (χ4v) is 2.60. The summed E-state index contributed by atoms with van der Waals surface area (Å²) in [5.74, 6) is 0.202. The van der Waals surface area contributed by atoms with Gasteiger partial charge in [0.1, 0.15) is 0 Å². The van der Waals surface area contributed by atoms with Gasteiger partial charge in [-0.3, -0.25) is 9.59 Å². The van der Waals surface area contributed by atoms with Crippen LogP contribution in [0.15, 0.2) is 0 Å². The number of rotatable bonds is 7.